The summed E-state index contributed by atoms with van der Waals surface area (Å²) in [7, 11) is 1.52. The first-order valence-electron chi connectivity index (χ1n) is 10.5. The van der Waals surface area contributed by atoms with Crippen molar-refractivity contribution < 1.29 is 23.4 Å². The summed E-state index contributed by atoms with van der Waals surface area (Å²) >= 11 is 0. The van der Waals surface area contributed by atoms with Crippen molar-refractivity contribution in [1.29, 1.82) is 0 Å². The molecule has 0 atom stereocenters. The van der Waals surface area contributed by atoms with Gasteiger partial charge in [0.25, 0.3) is 0 Å². The number of carbonyl (C=O) groups excluding carboxylic acids is 1. The number of rotatable bonds is 5. The molecule has 2 aliphatic heterocycles. The minimum absolute atomic E-state index is 0.288. The highest BCUT2D eigenvalue weighted by Gasteiger charge is 2.51. The molecular formula is C22H29FN4O4. The molecule has 9 heteroatoms. The van der Waals surface area contributed by atoms with E-state index in [9.17, 15) is 9.18 Å². The summed E-state index contributed by atoms with van der Waals surface area (Å²) in [6.45, 7) is 6.35. The van der Waals surface area contributed by atoms with Gasteiger partial charge in [-0.1, -0.05) is 0 Å². The zero-order valence-electron chi connectivity index (χ0n) is 18.4. The van der Waals surface area contributed by atoms with E-state index in [1.54, 1.807) is 12.1 Å². The Labute approximate surface area is 180 Å². The van der Waals surface area contributed by atoms with Crippen LogP contribution in [0.1, 0.15) is 46.5 Å². The number of fused-ring (bicyclic) bond motifs is 4. The number of nitrogens with zero attached hydrogens (tertiary/aromatic N) is 2. The number of alkyl carbamates (subject to hydrolysis) is 1. The monoisotopic (exact) mass is 432 g/mol. The van der Waals surface area contributed by atoms with Gasteiger partial charge in [0.2, 0.25) is 5.88 Å². The molecule has 0 aromatic carbocycles. The number of ether oxygens (including phenoxy) is 3. The Morgan fingerprint density at radius 1 is 1.26 bits per heavy atom. The Kier molecular flexibility index (Phi) is 5.41. The van der Waals surface area contributed by atoms with Crippen LogP contribution in [0.4, 0.5) is 14.9 Å². The van der Waals surface area contributed by atoms with Crippen molar-refractivity contribution in [3.63, 3.8) is 0 Å². The number of hydrogen-bond donors (Lipinski definition) is 2. The van der Waals surface area contributed by atoms with Crippen LogP contribution in [0.3, 0.4) is 0 Å². The van der Waals surface area contributed by atoms with Gasteiger partial charge in [-0.2, -0.15) is 0 Å². The molecule has 2 aromatic heterocycles. The van der Waals surface area contributed by atoms with Gasteiger partial charge in [-0.15, -0.1) is 0 Å². The van der Waals surface area contributed by atoms with E-state index in [1.165, 1.54) is 13.3 Å². The van der Waals surface area contributed by atoms with Crippen LogP contribution in [-0.4, -0.2) is 53.1 Å². The highest BCUT2D eigenvalue weighted by atomic mass is 19.1. The van der Waals surface area contributed by atoms with Gasteiger partial charge in [-0.05, 0) is 52.5 Å². The molecular weight excluding hydrogens is 403 g/mol. The van der Waals surface area contributed by atoms with E-state index in [2.05, 4.69) is 20.6 Å². The number of nitrogens with one attached hydrogen (secondary N) is 2. The molecule has 4 heterocycles. The molecule has 2 aromatic rings. The molecule has 3 fully saturated rings. The third-order valence-electron chi connectivity index (χ3n) is 5.98. The van der Waals surface area contributed by atoms with Crippen molar-refractivity contribution in [2.75, 3.05) is 25.6 Å². The quantitative estimate of drug-likeness (QED) is 0.742. The maximum absolute atomic E-state index is 14.6. The Hall–Kier alpha value is -2.68. The first kappa shape index (κ1) is 21.5. The molecule has 8 nitrogen and oxygen atoms in total. The fraction of sp³-hybridized carbons (Fsp3) is 0.591. The number of pyridine rings is 2. The molecule has 168 valence electrons. The molecule has 0 radical (unpaired) electrons. The summed E-state index contributed by atoms with van der Waals surface area (Å²) in [6, 6.07) is 3.44. The minimum atomic E-state index is -0.549. The third kappa shape index (κ3) is 4.51. The average Bonchev–Trinajstić information content (AvgIpc) is 2.72. The molecule has 3 aliphatic rings. The minimum Gasteiger partial charge on any atom is -0.481 e. The standard InChI is InChI=1S/C22H29FN4O4/c1-20(2,3)31-19(28)27-21-7-9-22(10-8-21,30-13-21)12-25-17-14(23)11-24-15-5-6-16(29-4)26-18(15)17/h5-6,11H,7-10,12-13H2,1-4H3,(H,24,25)(H,27,28). The zero-order chi connectivity index (χ0) is 22.3. The first-order chi connectivity index (χ1) is 14.6. The van der Waals surface area contributed by atoms with Gasteiger partial charge in [-0.3, -0.25) is 4.98 Å². The van der Waals surface area contributed by atoms with E-state index >= 15 is 0 Å². The molecule has 2 bridgehead atoms. The van der Waals surface area contributed by atoms with Crippen LogP contribution < -0.4 is 15.4 Å². The van der Waals surface area contributed by atoms with Crippen molar-refractivity contribution in [2.24, 2.45) is 0 Å². The summed E-state index contributed by atoms with van der Waals surface area (Å²) in [5.41, 5.74) is -0.0890. The summed E-state index contributed by atoms with van der Waals surface area (Å²) < 4.78 is 31.4. The number of halogens is 1. The topological polar surface area (TPSA) is 94.6 Å². The molecule has 5 rings (SSSR count). The molecule has 0 spiro atoms. The van der Waals surface area contributed by atoms with Crippen molar-refractivity contribution in [3.05, 3.63) is 24.1 Å². The zero-order valence-corrected chi connectivity index (χ0v) is 18.4. The maximum atomic E-state index is 14.6. The third-order valence-corrected chi connectivity index (χ3v) is 5.98. The van der Waals surface area contributed by atoms with Crippen molar-refractivity contribution >= 4 is 22.8 Å². The highest BCUT2D eigenvalue weighted by Crippen LogP contribution is 2.44. The van der Waals surface area contributed by atoms with E-state index in [1.807, 2.05) is 20.8 Å². The van der Waals surface area contributed by atoms with Crippen LogP contribution in [0.5, 0.6) is 5.88 Å². The second-order valence-electron chi connectivity index (χ2n) is 9.43. The van der Waals surface area contributed by atoms with E-state index < -0.39 is 28.7 Å². The number of methoxy groups -OCH3 is 1. The van der Waals surface area contributed by atoms with Crippen LogP contribution >= 0.6 is 0 Å². The van der Waals surface area contributed by atoms with E-state index in [-0.39, 0.29) is 5.69 Å². The number of carbonyl (C=O) groups is 1. The molecule has 2 N–H and O–H groups in total. The fourth-order valence-corrected chi connectivity index (χ4v) is 4.23. The van der Waals surface area contributed by atoms with Crippen molar-refractivity contribution in [3.8, 4) is 5.88 Å². The molecule has 1 aliphatic carbocycles. The van der Waals surface area contributed by atoms with E-state index in [0.717, 1.165) is 25.7 Å². The van der Waals surface area contributed by atoms with Crippen molar-refractivity contribution in [2.45, 2.75) is 63.2 Å². The molecule has 31 heavy (non-hydrogen) atoms. The van der Waals surface area contributed by atoms with Gasteiger partial charge in [0, 0.05) is 12.6 Å². The van der Waals surface area contributed by atoms with Crippen LogP contribution in [0.2, 0.25) is 0 Å². The highest BCUT2D eigenvalue weighted by molar-refractivity contribution is 5.88. The first-order valence-corrected chi connectivity index (χ1v) is 10.5. The normalized spacial score (nSPS) is 25.3. The van der Waals surface area contributed by atoms with Gasteiger partial charge >= 0.3 is 6.09 Å². The second-order valence-corrected chi connectivity index (χ2v) is 9.43. The van der Waals surface area contributed by atoms with Crippen LogP contribution in [0.25, 0.3) is 11.0 Å². The number of amides is 1. The van der Waals surface area contributed by atoms with Crippen LogP contribution in [0.15, 0.2) is 18.3 Å². The molecule has 2 saturated heterocycles. The van der Waals surface area contributed by atoms with Crippen molar-refractivity contribution in [1.82, 2.24) is 15.3 Å². The fourth-order valence-electron chi connectivity index (χ4n) is 4.23. The Morgan fingerprint density at radius 3 is 2.61 bits per heavy atom. The number of anilines is 1. The Balaban J connectivity index is 1.44. The number of hydrogen-bond acceptors (Lipinski definition) is 7. The summed E-state index contributed by atoms with van der Waals surface area (Å²) in [4.78, 5) is 20.7. The predicted octanol–water partition coefficient (Wildman–Crippen LogP) is 3.80. The van der Waals surface area contributed by atoms with E-state index in [4.69, 9.17) is 14.2 Å². The predicted molar refractivity (Wildman–Crippen MR) is 114 cm³/mol. The summed E-state index contributed by atoms with van der Waals surface area (Å²) in [5.74, 6) is -0.0806. The lowest BCUT2D eigenvalue weighted by Gasteiger charge is -2.53. The maximum Gasteiger partial charge on any atom is 0.408 e. The Morgan fingerprint density at radius 2 is 2.00 bits per heavy atom. The smallest absolute Gasteiger partial charge is 0.408 e. The van der Waals surface area contributed by atoms with Gasteiger partial charge in [0.1, 0.15) is 16.8 Å². The average molecular weight is 432 g/mol. The van der Waals surface area contributed by atoms with E-state index in [0.29, 0.717) is 30.1 Å². The van der Waals surface area contributed by atoms with Crippen LogP contribution in [-0.2, 0) is 9.47 Å². The molecule has 1 amide bonds. The lowest BCUT2D eigenvalue weighted by molar-refractivity contribution is -0.153. The molecule has 0 unspecified atom stereocenters. The van der Waals surface area contributed by atoms with Gasteiger partial charge in [0.15, 0.2) is 5.82 Å². The largest absolute Gasteiger partial charge is 0.481 e. The summed E-state index contributed by atoms with van der Waals surface area (Å²) in [6.07, 6.45) is 3.82. The second kappa shape index (κ2) is 7.78. The lowest BCUT2D eigenvalue weighted by atomic mass is 9.71. The molecule has 1 saturated carbocycles. The lowest BCUT2D eigenvalue weighted by Crippen LogP contribution is -2.64. The number of aromatic nitrogens is 2. The Bertz CT molecular complexity index is 967. The van der Waals surface area contributed by atoms with Crippen LogP contribution in [0, 0.1) is 5.82 Å². The summed E-state index contributed by atoms with van der Waals surface area (Å²) in [5, 5.41) is 6.22. The van der Waals surface area contributed by atoms with Gasteiger partial charge in [-0.25, -0.2) is 14.2 Å². The van der Waals surface area contributed by atoms with Gasteiger partial charge in [0.05, 0.1) is 36.6 Å². The van der Waals surface area contributed by atoms with Gasteiger partial charge < -0.3 is 24.8 Å². The SMILES string of the molecule is COc1ccc2ncc(F)c(NCC34CCC(NC(=O)OC(C)(C)C)(CC3)CO4)c2n1.